The molecule has 5 rings (SSSR count). The van der Waals surface area contributed by atoms with E-state index in [0.29, 0.717) is 17.4 Å². The summed E-state index contributed by atoms with van der Waals surface area (Å²) in [6, 6.07) is 3.05. The molecule has 2 amide bonds. The van der Waals surface area contributed by atoms with Crippen molar-refractivity contribution in [2.45, 2.75) is 50.9 Å². The molecule has 27 heavy (non-hydrogen) atoms. The molecule has 2 N–H and O–H groups in total. The van der Waals surface area contributed by atoms with Crippen LogP contribution < -0.4 is 15.4 Å². The number of aromatic nitrogens is 1. The van der Waals surface area contributed by atoms with E-state index in [4.69, 9.17) is 0 Å². The van der Waals surface area contributed by atoms with Crippen LogP contribution in [0.5, 0.6) is 5.88 Å². The van der Waals surface area contributed by atoms with E-state index in [1.807, 2.05) is 0 Å². The number of alkyl halides is 3. The first-order chi connectivity index (χ1) is 12.9. The molecule has 0 aliphatic heterocycles. The topological polar surface area (TPSA) is 63.2 Å². The van der Waals surface area contributed by atoms with Gasteiger partial charge in [0.1, 0.15) is 0 Å². The predicted molar refractivity (Wildman–Crippen MR) is 92.0 cm³/mol. The summed E-state index contributed by atoms with van der Waals surface area (Å²) in [5.41, 5.74) is 0.703. The Hall–Kier alpha value is -1.99. The van der Waals surface area contributed by atoms with Gasteiger partial charge in [-0.25, -0.2) is 9.78 Å². The van der Waals surface area contributed by atoms with Crippen molar-refractivity contribution in [2.24, 2.45) is 23.7 Å². The first kappa shape index (κ1) is 18.4. The van der Waals surface area contributed by atoms with E-state index in [0.717, 1.165) is 11.8 Å². The molecule has 1 heterocycles. The number of carbonyl (C=O) groups excluding carboxylic acids is 1. The van der Waals surface area contributed by atoms with Gasteiger partial charge in [-0.05, 0) is 61.3 Å². The van der Waals surface area contributed by atoms with Gasteiger partial charge in [-0.2, -0.15) is 13.2 Å². The average molecular weight is 383 g/mol. The van der Waals surface area contributed by atoms with Gasteiger partial charge in [-0.1, -0.05) is 6.07 Å². The molecule has 4 fully saturated rings. The standard InChI is InChI=1S/C19H24F3N3O2/c20-19(21,22)10-27-16-2-1-11(8-23-16)9-24-18(26)25-17-14-4-12-3-13(6-14)7-15(17)5-12/h1-2,8,12-15,17H,3-7,9-10H2,(H2,24,25,26). The Morgan fingerprint density at radius 2 is 1.78 bits per heavy atom. The fraction of sp³-hybridized carbons (Fsp3) is 0.684. The average Bonchev–Trinajstić information content (AvgIpc) is 2.61. The Balaban J connectivity index is 1.24. The highest BCUT2D eigenvalue weighted by molar-refractivity contribution is 5.74. The predicted octanol–water partition coefficient (Wildman–Crippen LogP) is 3.65. The third-order valence-corrected chi connectivity index (χ3v) is 6.16. The van der Waals surface area contributed by atoms with Crippen LogP contribution in [0.15, 0.2) is 18.3 Å². The molecule has 4 aliphatic rings. The van der Waals surface area contributed by atoms with E-state index in [-0.39, 0.29) is 24.5 Å². The summed E-state index contributed by atoms with van der Waals surface area (Å²) in [5, 5.41) is 5.98. The third-order valence-electron chi connectivity index (χ3n) is 6.16. The number of urea groups is 1. The molecule has 0 aromatic carbocycles. The van der Waals surface area contributed by atoms with Gasteiger partial charge in [0.25, 0.3) is 0 Å². The van der Waals surface area contributed by atoms with Crippen molar-refractivity contribution in [3.63, 3.8) is 0 Å². The van der Waals surface area contributed by atoms with Crippen LogP contribution >= 0.6 is 0 Å². The lowest BCUT2D eigenvalue weighted by molar-refractivity contribution is -0.154. The van der Waals surface area contributed by atoms with Crippen molar-refractivity contribution in [1.29, 1.82) is 0 Å². The summed E-state index contributed by atoms with van der Waals surface area (Å²) >= 11 is 0. The minimum absolute atomic E-state index is 0.0888. The van der Waals surface area contributed by atoms with Crippen LogP contribution in [-0.2, 0) is 6.54 Å². The Bertz CT molecular complexity index is 650. The quantitative estimate of drug-likeness (QED) is 0.816. The molecule has 1 aromatic heterocycles. The van der Waals surface area contributed by atoms with Crippen molar-refractivity contribution in [1.82, 2.24) is 15.6 Å². The zero-order chi connectivity index (χ0) is 19.0. The number of hydrogen-bond acceptors (Lipinski definition) is 3. The Morgan fingerprint density at radius 1 is 1.11 bits per heavy atom. The minimum atomic E-state index is -4.39. The van der Waals surface area contributed by atoms with E-state index in [1.165, 1.54) is 44.4 Å². The summed E-state index contributed by atoms with van der Waals surface area (Å²) in [7, 11) is 0. The van der Waals surface area contributed by atoms with E-state index >= 15 is 0 Å². The highest BCUT2D eigenvalue weighted by Crippen LogP contribution is 2.53. The molecule has 8 heteroatoms. The maximum Gasteiger partial charge on any atom is 0.422 e. The number of nitrogens with one attached hydrogen (secondary N) is 2. The minimum Gasteiger partial charge on any atom is -0.468 e. The third kappa shape index (κ3) is 4.47. The molecular formula is C19H24F3N3O2. The molecule has 0 unspecified atom stereocenters. The number of rotatable bonds is 5. The molecule has 4 bridgehead atoms. The number of amides is 2. The lowest BCUT2D eigenvalue weighted by Gasteiger charge is -2.54. The first-order valence-corrected chi connectivity index (χ1v) is 9.54. The fourth-order valence-corrected chi connectivity index (χ4v) is 5.30. The lowest BCUT2D eigenvalue weighted by atomic mass is 9.54. The molecule has 1 aromatic rings. The molecule has 148 valence electrons. The monoisotopic (exact) mass is 383 g/mol. The maximum absolute atomic E-state index is 12.3. The van der Waals surface area contributed by atoms with E-state index in [9.17, 15) is 18.0 Å². The number of carbonyl (C=O) groups is 1. The van der Waals surface area contributed by atoms with Gasteiger partial charge in [-0.15, -0.1) is 0 Å². The number of ether oxygens (including phenoxy) is 1. The number of nitrogens with zero attached hydrogens (tertiary/aromatic N) is 1. The number of hydrogen-bond donors (Lipinski definition) is 2. The summed E-state index contributed by atoms with van der Waals surface area (Å²) in [5.74, 6) is 2.85. The summed E-state index contributed by atoms with van der Waals surface area (Å²) in [6.45, 7) is -1.10. The smallest absolute Gasteiger partial charge is 0.422 e. The van der Waals surface area contributed by atoms with Crippen molar-refractivity contribution in [3.05, 3.63) is 23.9 Å². The second kappa shape index (κ2) is 7.20. The van der Waals surface area contributed by atoms with Crippen LogP contribution in [0.2, 0.25) is 0 Å². The lowest BCUT2D eigenvalue weighted by Crippen LogP contribution is -2.57. The number of pyridine rings is 1. The second-order valence-corrected chi connectivity index (χ2v) is 8.19. The molecule has 4 aliphatic carbocycles. The Kier molecular flexibility index (Phi) is 4.90. The molecule has 0 spiro atoms. The summed E-state index contributed by atoms with van der Waals surface area (Å²) < 4.78 is 40.9. The van der Waals surface area contributed by atoms with Crippen LogP contribution in [0.1, 0.15) is 37.7 Å². The van der Waals surface area contributed by atoms with Gasteiger partial charge < -0.3 is 15.4 Å². The SMILES string of the molecule is O=C(NCc1ccc(OCC(F)(F)F)nc1)NC1C2CC3CC(C2)CC1C3. The van der Waals surface area contributed by atoms with Gasteiger partial charge in [0.15, 0.2) is 6.61 Å². The van der Waals surface area contributed by atoms with Crippen molar-refractivity contribution in [3.8, 4) is 5.88 Å². The van der Waals surface area contributed by atoms with Gasteiger partial charge in [-0.3, -0.25) is 0 Å². The maximum atomic E-state index is 12.3. The van der Waals surface area contributed by atoms with Crippen LogP contribution in [0, 0.1) is 23.7 Å². The molecule has 4 saturated carbocycles. The molecule has 5 nitrogen and oxygen atoms in total. The van der Waals surface area contributed by atoms with Crippen molar-refractivity contribution >= 4 is 6.03 Å². The first-order valence-electron chi connectivity index (χ1n) is 9.54. The van der Waals surface area contributed by atoms with E-state index in [1.54, 1.807) is 6.07 Å². The van der Waals surface area contributed by atoms with Crippen LogP contribution in [0.25, 0.3) is 0 Å². The van der Waals surface area contributed by atoms with Crippen molar-refractivity contribution < 1.29 is 22.7 Å². The van der Waals surface area contributed by atoms with Gasteiger partial charge in [0, 0.05) is 24.8 Å². The normalized spacial score (nSPS) is 31.6. The highest BCUT2D eigenvalue weighted by Gasteiger charge is 2.48. The summed E-state index contributed by atoms with van der Waals surface area (Å²) in [6.07, 6.45) is 3.35. The molecule has 0 saturated heterocycles. The molecule has 0 atom stereocenters. The molecular weight excluding hydrogens is 359 g/mol. The number of halogens is 3. The fourth-order valence-electron chi connectivity index (χ4n) is 5.30. The highest BCUT2D eigenvalue weighted by atomic mass is 19.4. The zero-order valence-electron chi connectivity index (χ0n) is 15.0. The Morgan fingerprint density at radius 3 is 2.33 bits per heavy atom. The van der Waals surface area contributed by atoms with Gasteiger partial charge >= 0.3 is 12.2 Å². The van der Waals surface area contributed by atoms with E-state index < -0.39 is 12.8 Å². The molecule has 0 radical (unpaired) electrons. The van der Waals surface area contributed by atoms with Gasteiger partial charge in [0.05, 0.1) is 0 Å². The van der Waals surface area contributed by atoms with Gasteiger partial charge in [0.2, 0.25) is 5.88 Å². The van der Waals surface area contributed by atoms with Crippen LogP contribution in [-0.4, -0.2) is 29.8 Å². The summed E-state index contributed by atoms with van der Waals surface area (Å²) in [4.78, 5) is 16.1. The van der Waals surface area contributed by atoms with E-state index in [2.05, 4.69) is 20.4 Å². The second-order valence-electron chi connectivity index (χ2n) is 8.19. The zero-order valence-corrected chi connectivity index (χ0v) is 15.0. The van der Waals surface area contributed by atoms with Crippen LogP contribution in [0.4, 0.5) is 18.0 Å². The van der Waals surface area contributed by atoms with Crippen molar-refractivity contribution in [2.75, 3.05) is 6.61 Å². The largest absolute Gasteiger partial charge is 0.468 e. The Labute approximate surface area is 156 Å². The van der Waals surface area contributed by atoms with Crippen LogP contribution in [0.3, 0.4) is 0 Å².